The monoisotopic (exact) mass is 246 g/mol. The van der Waals surface area contributed by atoms with Gasteiger partial charge in [0.15, 0.2) is 9.99 Å². The molecule has 0 saturated carbocycles. The Morgan fingerprint density at radius 2 is 2.43 bits per heavy atom. The van der Waals surface area contributed by atoms with Gasteiger partial charge in [0.25, 0.3) is 0 Å². The van der Waals surface area contributed by atoms with Gasteiger partial charge in [-0.3, -0.25) is 4.21 Å². The van der Waals surface area contributed by atoms with E-state index in [9.17, 15) is 4.21 Å². The van der Waals surface area contributed by atoms with Crippen LogP contribution in [-0.4, -0.2) is 19.9 Å². The first-order valence-corrected chi connectivity index (χ1v) is 6.52. The lowest BCUT2D eigenvalue weighted by Crippen LogP contribution is -1.91. The minimum atomic E-state index is -1.01. The molecule has 2 aromatic heterocycles. The molecule has 1 atom stereocenters. The second-order valence-electron chi connectivity index (χ2n) is 2.59. The molecular weight excluding hydrogens is 240 g/mol. The standard InChI is InChI=1S/C8H7ClN2OS2/c1-2-14(12)8-11-7-6(13-8)3-5(9)4-10-7/h3-4H,2H2,1H3/t14-/m1/s1. The third-order valence-corrected chi connectivity index (χ3v) is 4.46. The van der Waals surface area contributed by atoms with Gasteiger partial charge in [-0.25, -0.2) is 9.97 Å². The molecule has 0 aromatic carbocycles. The number of halogens is 1. The number of fused-ring (bicyclic) bond motifs is 1. The summed E-state index contributed by atoms with van der Waals surface area (Å²) in [5.41, 5.74) is 0.621. The van der Waals surface area contributed by atoms with Crippen molar-refractivity contribution in [3.63, 3.8) is 0 Å². The number of nitrogens with zero attached hydrogens (tertiary/aromatic N) is 2. The lowest BCUT2D eigenvalue weighted by Gasteiger charge is -1.87. The van der Waals surface area contributed by atoms with Gasteiger partial charge in [-0.1, -0.05) is 18.5 Å². The van der Waals surface area contributed by atoms with Crippen LogP contribution in [-0.2, 0) is 10.8 Å². The van der Waals surface area contributed by atoms with Gasteiger partial charge in [0, 0.05) is 11.9 Å². The largest absolute Gasteiger partial charge is 0.252 e. The summed E-state index contributed by atoms with van der Waals surface area (Å²) in [6.45, 7) is 1.86. The molecule has 0 amide bonds. The summed E-state index contributed by atoms with van der Waals surface area (Å²) in [6.07, 6.45) is 1.54. The second-order valence-corrected chi connectivity index (χ2v) is 5.97. The fraction of sp³-hybridized carbons (Fsp3) is 0.250. The second kappa shape index (κ2) is 3.92. The molecule has 6 heteroatoms. The highest BCUT2D eigenvalue weighted by molar-refractivity contribution is 7.87. The fourth-order valence-electron chi connectivity index (χ4n) is 0.997. The molecular formula is C8H7ClN2OS2. The van der Waals surface area contributed by atoms with E-state index in [1.807, 2.05) is 6.92 Å². The van der Waals surface area contributed by atoms with Crippen molar-refractivity contribution in [2.24, 2.45) is 0 Å². The van der Waals surface area contributed by atoms with Gasteiger partial charge in [0.05, 0.1) is 20.5 Å². The van der Waals surface area contributed by atoms with Crippen LogP contribution >= 0.6 is 22.9 Å². The van der Waals surface area contributed by atoms with Gasteiger partial charge in [-0.05, 0) is 6.07 Å². The molecule has 0 spiro atoms. The quantitative estimate of drug-likeness (QED) is 0.818. The van der Waals surface area contributed by atoms with Crippen LogP contribution in [0, 0.1) is 0 Å². The van der Waals surface area contributed by atoms with Crippen molar-refractivity contribution in [3.05, 3.63) is 17.3 Å². The van der Waals surface area contributed by atoms with Crippen molar-refractivity contribution in [1.82, 2.24) is 9.97 Å². The van der Waals surface area contributed by atoms with Crippen LogP contribution in [0.4, 0.5) is 0 Å². The molecule has 0 unspecified atom stereocenters. The topological polar surface area (TPSA) is 42.9 Å². The SMILES string of the molecule is CC[S@@](=O)c1nc2ncc(Cl)cc2s1. The number of aromatic nitrogens is 2. The highest BCUT2D eigenvalue weighted by atomic mass is 35.5. The minimum Gasteiger partial charge on any atom is -0.252 e. The molecule has 0 N–H and O–H groups in total. The van der Waals surface area contributed by atoms with Gasteiger partial charge in [-0.15, -0.1) is 11.3 Å². The molecule has 2 rings (SSSR count). The highest BCUT2D eigenvalue weighted by Gasteiger charge is 2.09. The Labute approximate surface area is 92.6 Å². The van der Waals surface area contributed by atoms with Crippen LogP contribution in [0.3, 0.4) is 0 Å². The normalized spacial score (nSPS) is 13.3. The zero-order valence-corrected chi connectivity index (χ0v) is 9.75. The molecule has 2 heterocycles. The van der Waals surface area contributed by atoms with E-state index in [0.717, 1.165) is 4.70 Å². The number of rotatable bonds is 2. The zero-order chi connectivity index (χ0) is 10.1. The Morgan fingerprint density at radius 1 is 1.64 bits per heavy atom. The van der Waals surface area contributed by atoms with Crippen LogP contribution in [0.2, 0.25) is 5.02 Å². The predicted molar refractivity (Wildman–Crippen MR) is 59.4 cm³/mol. The Balaban J connectivity index is 2.56. The van der Waals surface area contributed by atoms with Gasteiger partial charge < -0.3 is 0 Å². The average molecular weight is 247 g/mol. The summed E-state index contributed by atoms with van der Waals surface area (Å²) in [5, 5.41) is 0.579. The smallest absolute Gasteiger partial charge is 0.183 e. The number of pyridine rings is 1. The summed E-state index contributed by atoms with van der Waals surface area (Å²) in [7, 11) is -1.01. The van der Waals surface area contributed by atoms with Crippen molar-refractivity contribution in [3.8, 4) is 0 Å². The molecule has 0 aliphatic rings. The molecule has 3 nitrogen and oxygen atoms in total. The predicted octanol–water partition coefficient (Wildman–Crippen LogP) is 2.47. The van der Waals surface area contributed by atoms with E-state index in [2.05, 4.69) is 9.97 Å². The summed E-state index contributed by atoms with van der Waals surface area (Å²) in [6, 6.07) is 1.79. The van der Waals surface area contributed by atoms with Crippen LogP contribution in [0.5, 0.6) is 0 Å². The van der Waals surface area contributed by atoms with Gasteiger partial charge >= 0.3 is 0 Å². The third-order valence-electron chi connectivity index (χ3n) is 1.65. The third kappa shape index (κ3) is 1.80. The Morgan fingerprint density at radius 3 is 3.14 bits per heavy atom. The first kappa shape index (κ1) is 10.0. The van der Waals surface area contributed by atoms with Gasteiger partial charge in [0.1, 0.15) is 0 Å². The maximum Gasteiger partial charge on any atom is 0.183 e. The minimum absolute atomic E-state index is 0.577. The summed E-state index contributed by atoms with van der Waals surface area (Å²) in [5.74, 6) is 0.577. The van der Waals surface area contributed by atoms with Crippen molar-refractivity contribution in [1.29, 1.82) is 0 Å². The van der Waals surface area contributed by atoms with Crippen molar-refractivity contribution in [2.45, 2.75) is 11.3 Å². The zero-order valence-electron chi connectivity index (χ0n) is 7.36. The molecule has 0 radical (unpaired) electrons. The van der Waals surface area contributed by atoms with Crippen LogP contribution in [0.15, 0.2) is 16.6 Å². The summed E-state index contributed by atoms with van der Waals surface area (Å²) < 4.78 is 13.0. The Hall–Kier alpha value is -0.520. The molecule has 0 fully saturated rings. The first-order valence-electron chi connectivity index (χ1n) is 4.01. The molecule has 14 heavy (non-hydrogen) atoms. The lowest BCUT2D eigenvalue weighted by molar-refractivity contribution is 0.683. The van der Waals surface area contributed by atoms with Crippen molar-refractivity contribution < 1.29 is 4.21 Å². The fourth-order valence-corrected chi connectivity index (χ4v) is 3.35. The Bertz CT molecular complexity index is 497. The first-order chi connectivity index (χ1) is 6.70. The highest BCUT2D eigenvalue weighted by Crippen LogP contribution is 2.25. The van der Waals surface area contributed by atoms with E-state index in [1.165, 1.54) is 11.3 Å². The van der Waals surface area contributed by atoms with E-state index in [4.69, 9.17) is 11.6 Å². The van der Waals surface area contributed by atoms with Crippen molar-refractivity contribution in [2.75, 3.05) is 5.75 Å². The molecule has 0 aliphatic heterocycles. The molecule has 74 valence electrons. The van der Waals surface area contributed by atoms with Crippen LogP contribution < -0.4 is 0 Å². The maximum absolute atomic E-state index is 11.5. The molecule has 0 bridgehead atoms. The van der Waals surface area contributed by atoms with Crippen molar-refractivity contribution >= 4 is 44.1 Å². The van der Waals surface area contributed by atoms with E-state index in [1.54, 1.807) is 12.3 Å². The van der Waals surface area contributed by atoms with E-state index in [0.29, 0.717) is 20.8 Å². The maximum atomic E-state index is 11.5. The lowest BCUT2D eigenvalue weighted by atomic mass is 10.5. The molecule has 0 saturated heterocycles. The molecule has 0 aliphatic carbocycles. The Kier molecular flexibility index (Phi) is 2.80. The molecule has 2 aromatic rings. The van der Waals surface area contributed by atoms with E-state index >= 15 is 0 Å². The van der Waals surface area contributed by atoms with E-state index < -0.39 is 10.8 Å². The van der Waals surface area contributed by atoms with Gasteiger partial charge in [0.2, 0.25) is 0 Å². The van der Waals surface area contributed by atoms with Crippen LogP contribution in [0.25, 0.3) is 10.3 Å². The van der Waals surface area contributed by atoms with Crippen LogP contribution in [0.1, 0.15) is 6.92 Å². The number of hydrogen-bond donors (Lipinski definition) is 0. The number of hydrogen-bond acceptors (Lipinski definition) is 4. The summed E-state index contributed by atoms with van der Waals surface area (Å²) in [4.78, 5) is 8.22. The van der Waals surface area contributed by atoms with E-state index in [-0.39, 0.29) is 0 Å². The average Bonchev–Trinajstić information content (AvgIpc) is 2.59. The van der Waals surface area contributed by atoms with Gasteiger partial charge in [-0.2, -0.15) is 0 Å². The number of thiazole rings is 1. The summed E-state index contributed by atoms with van der Waals surface area (Å²) >= 11 is 7.17.